The first-order valence-corrected chi connectivity index (χ1v) is 6.32. The molecule has 2 rings (SSSR count). The summed E-state index contributed by atoms with van der Waals surface area (Å²) in [5.41, 5.74) is 2.72. The van der Waals surface area contributed by atoms with Crippen molar-refractivity contribution in [3.8, 4) is 0 Å². The highest BCUT2D eigenvalue weighted by atomic mass is 32.1. The number of nitrogens with one attached hydrogen (secondary N) is 1. The molecule has 0 aliphatic carbocycles. The molecule has 0 aliphatic heterocycles. The molecule has 0 bridgehead atoms. The second-order valence-corrected chi connectivity index (χ2v) is 4.79. The van der Waals surface area contributed by atoms with Crippen LogP contribution in [0.4, 0.5) is 0 Å². The second-order valence-electron chi connectivity index (χ2n) is 3.81. The minimum atomic E-state index is 0.385. The van der Waals surface area contributed by atoms with Gasteiger partial charge in [0.05, 0.1) is 5.01 Å². The zero-order valence-electron chi connectivity index (χ0n) is 9.60. The predicted octanol–water partition coefficient (Wildman–Crippen LogP) is 3.01. The summed E-state index contributed by atoms with van der Waals surface area (Å²) < 4.78 is 0. The Labute approximate surface area is 100 Å². The van der Waals surface area contributed by atoms with Gasteiger partial charge in [-0.15, -0.1) is 11.3 Å². The first kappa shape index (κ1) is 11.3. The molecule has 2 nitrogen and oxygen atoms in total. The van der Waals surface area contributed by atoms with Gasteiger partial charge >= 0.3 is 0 Å². The molecule has 2 aromatic rings. The molecule has 0 saturated carbocycles. The van der Waals surface area contributed by atoms with Crippen LogP contribution in [-0.4, -0.2) is 12.0 Å². The van der Waals surface area contributed by atoms with Crippen LogP contribution in [0.2, 0.25) is 0 Å². The number of hydrogen-bond donors (Lipinski definition) is 1. The van der Waals surface area contributed by atoms with Gasteiger partial charge in [-0.1, -0.05) is 24.3 Å². The van der Waals surface area contributed by atoms with Gasteiger partial charge in [0.2, 0.25) is 0 Å². The second kappa shape index (κ2) is 5.23. The van der Waals surface area contributed by atoms with Gasteiger partial charge in [-0.3, -0.25) is 0 Å². The van der Waals surface area contributed by atoms with E-state index in [9.17, 15) is 0 Å². The van der Waals surface area contributed by atoms with Crippen molar-refractivity contribution in [2.45, 2.75) is 19.4 Å². The van der Waals surface area contributed by atoms with Crippen molar-refractivity contribution in [1.82, 2.24) is 10.3 Å². The van der Waals surface area contributed by atoms with E-state index in [1.165, 1.54) is 16.1 Å². The van der Waals surface area contributed by atoms with E-state index >= 15 is 0 Å². The van der Waals surface area contributed by atoms with E-state index < -0.39 is 0 Å². The molecule has 16 heavy (non-hydrogen) atoms. The average Bonchev–Trinajstić information content (AvgIpc) is 2.82. The molecule has 0 spiro atoms. The van der Waals surface area contributed by atoms with Gasteiger partial charge in [-0.25, -0.2) is 4.98 Å². The van der Waals surface area contributed by atoms with Crippen molar-refractivity contribution >= 4 is 11.3 Å². The van der Waals surface area contributed by atoms with Crippen LogP contribution in [0.3, 0.4) is 0 Å². The molecule has 84 valence electrons. The molecule has 1 aromatic carbocycles. The standard InChI is InChI=1S/C13H16N2S/c1-10(14-2)12-6-4-3-5-11(12)9-13-15-7-8-16-13/h3-8,10,14H,9H2,1-2H3. The third kappa shape index (κ3) is 2.49. The smallest absolute Gasteiger partial charge is 0.0968 e. The Bertz CT molecular complexity index is 437. The number of thiazole rings is 1. The van der Waals surface area contributed by atoms with Gasteiger partial charge < -0.3 is 5.32 Å². The van der Waals surface area contributed by atoms with Gasteiger partial charge in [-0.05, 0) is 25.1 Å². The van der Waals surface area contributed by atoms with E-state index in [-0.39, 0.29) is 0 Å². The summed E-state index contributed by atoms with van der Waals surface area (Å²) >= 11 is 1.71. The number of hydrogen-bond acceptors (Lipinski definition) is 3. The van der Waals surface area contributed by atoms with Crippen molar-refractivity contribution in [2.75, 3.05) is 7.05 Å². The first-order chi connectivity index (χ1) is 7.81. The maximum Gasteiger partial charge on any atom is 0.0968 e. The van der Waals surface area contributed by atoms with Gasteiger partial charge in [-0.2, -0.15) is 0 Å². The SMILES string of the molecule is CNC(C)c1ccccc1Cc1nccs1. The number of nitrogens with zero attached hydrogens (tertiary/aromatic N) is 1. The normalized spacial score (nSPS) is 12.6. The van der Waals surface area contributed by atoms with Crippen LogP contribution >= 0.6 is 11.3 Å². The van der Waals surface area contributed by atoms with Crippen molar-refractivity contribution in [1.29, 1.82) is 0 Å². The monoisotopic (exact) mass is 232 g/mol. The Morgan fingerprint density at radius 3 is 2.88 bits per heavy atom. The lowest BCUT2D eigenvalue weighted by Gasteiger charge is -2.14. The molecule has 1 N–H and O–H groups in total. The van der Waals surface area contributed by atoms with Gasteiger partial charge in [0, 0.05) is 24.0 Å². The maximum absolute atomic E-state index is 4.34. The van der Waals surface area contributed by atoms with Gasteiger partial charge in [0.15, 0.2) is 0 Å². The fourth-order valence-corrected chi connectivity index (χ4v) is 2.42. The molecule has 1 unspecified atom stereocenters. The summed E-state index contributed by atoms with van der Waals surface area (Å²) in [6, 6.07) is 8.94. The molecule has 0 aliphatic rings. The third-order valence-corrected chi connectivity index (χ3v) is 3.56. The average molecular weight is 232 g/mol. The summed E-state index contributed by atoms with van der Waals surface area (Å²) in [5.74, 6) is 0. The molecule has 1 aromatic heterocycles. The van der Waals surface area contributed by atoms with E-state index in [2.05, 4.69) is 41.5 Å². The lowest BCUT2D eigenvalue weighted by Crippen LogP contribution is -2.14. The van der Waals surface area contributed by atoms with Crippen LogP contribution in [0.5, 0.6) is 0 Å². The van der Waals surface area contributed by atoms with E-state index in [4.69, 9.17) is 0 Å². The minimum absolute atomic E-state index is 0.385. The van der Waals surface area contributed by atoms with Crippen LogP contribution in [0.15, 0.2) is 35.8 Å². The summed E-state index contributed by atoms with van der Waals surface area (Å²) in [7, 11) is 1.99. The topological polar surface area (TPSA) is 24.9 Å². The summed E-state index contributed by atoms with van der Waals surface area (Å²) in [6.07, 6.45) is 2.80. The van der Waals surface area contributed by atoms with E-state index in [0.717, 1.165) is 6.42 Å². The fourth-order valence-electron chi connectivity index (χ4n) is 1.78. The molecular weight excluding hydrogens is 216 g/mol. The molecule has 0 amide bonds. The highest BCUT2D eigenvalue weighted by Crippen LogP contribution is 2.21. The van der Waals surface area contributed by atoms with E-state index in [1.807, 2.05) is 18.6 Å². The summed E-state index contributed by atoms with van der Waals surface area (Å²) in [4.78, 5) is 4.34. The Hall–Kier alpha value is -1.19. The molecule has 0 saturated heterocycles. The van der Waals surface area contributed by atoms with Crippen molar-refractivity contribution in [2.24, 2.45) is 0 Å². The number of rotatable bonds is 4. The minimum Gasteiger partial charge on any atom is -0.313 e. The molecule has 1 atom stereocenters. The van der Waals surface area contributed by atoms with Crippen LogP contribution in [0, 0.1) is 0 Å². The third-order valence-electron chi connectivity index (χ3n) is 2.78. The largest absolute Gasteiger partial charge is 0.313 e. The zero-order valence-corrected chi connectivity index (χ0v) is 10.4. The molecule has 3 heteroatoms. The zero-order chi connectivity index (χ0) is 11.4. The summed E-state index contributed by atoms with van der Waals surface area (Å²) in [6.45, 7) is 2.18. The predicted molar refractivity (Wildman–Crippen MR) is 68.8 cm³/mol. The highest BCUT2D eigenvalue weighted by molar-refractivity contribution is 7.09. The lowest BCUT2D eigenvalue weighted by molar-refractivity contribution is 0.646. The first-order valence-electron chi connectivity index (χ1n) is 5.44. The molecule has 1 heterocycles. The van der Waals surface area contributed by atoms with Crippen LogP contribution in [0.25, 0.3) is 0 Å². The quantitative estimate of drug-likeness (QED) is 0.876. The summed E-state index contributed by atoms with van der Waals surface area (Å²) in [5, 5.41) is 6.49. The van der Waals surface area contributed by atoms with E-state index in [0.29, 0.717) is 6.04 Å². The van der Waals surface area contributed by atoms with Crippen molar-refractivity contribution in [3.63, 3.8) is 0 Å². The van der Waals surface area contributed by atoms with Crippen LogP contribution < -0.4 is 5.32 Å². The van der Waals surface area contributed by atoms with E-state index in [1.54, 1.807) is 11.3 Å². The highest BCUT2D eigenvalue weighted by Gasteiger charge is 2.09. The Kier molecular flexibility index (Phi) is 3.70. The van der Waals surface area contributed by atoms with Crippen LogP contribution in [0.1, 0.15) is 29.1 Å². The maximum atomic E-state index is 4.34. The molecule has 0 fully saturated rings. The van der Waals surface area contributed by atoms with Crippen molar-refractivity contribution in [3.05, 3.63) is 52.0 Å². The van der Waals surface area contributed by atoms with Gasteiger partial charge in [0.25, 0.3) is 0 Å². The Morgan fingerprint density at radius 1 is 1.38 bits per heavy atom. The fraction of sp³-hybridized carbons (Fsp3) is 0.308. The number of aromatic nitrogens is 1. The van der Waals surface area contributed by atoms with Gasteiger partial charge in [0.1, 0.15) is 0 Å². The lowest BCUT2D eigenvalue weighted by atomic mass is 9.99. The Balaban J connectivity index is 2.26. The number of benzene rings is 1. The van der Waals surface area contributed by atoms with Crippen molar-refractivity contribution < 1.29 is 0 Å². The molecular formula is C13H16N2S. The molecule has 0 radical (unpaired) electrons. The van der Waals surface area contributed by atoms with Crippen LogP contribution in [-0.2, 0) is 6.42 Å². The Morgan fingerprint density at radius 2 is 2.19 bits per heavy atom.